The van der Waals surface area contributed by atoms with Crippen LogP contribution >= 0.6 is 0 Å². The largest absolute Gasteiger partial charge is 0.490 e. The zero-order valence-corrected chi connectivity index (χ0v) is 7.63. The van der Waals surface area contributed by atoms with Crippen molar-refractivity contribution >= 4 is 0 Å². The van der Waals surface area contributed by atoms with Gasteiger partial charge in [0.15, 0.2) is 0 Å². The summed E-state index contributed by atoms with van der Waals surface area (Å²) in [4.78, 5) is 0. The highest BCUT2D eigenvalue weighted by Crippen LogP contribution is 2.27. The lowest BCUT2D eigenvalue weighted by atomic mass is 10.0. The van der Waals surface area contributed by atoms with Crippen LogP contribution in [0.3, 0.4) is 0 Å². The summed E-state index contributed by atoms with van der Waals surface area (Å²) in [6.07, 6.45) is 2.70. The van der Waals surface area contributed by atoms with Gasteiger partial charge in [0, 0.05) is 0 Å². The highest BCUT2D eigenvalue weighted by atomic mass is 16.5. The minimum atomic E-state index is 0.389. The van der Waals surface area contributed by atoms with Gasteiger partial charge >= 0.3 is 0 Å². The number of benzene rings is 1. The Morgan fingerprint density at radius 1 is 1.42 bits per heavy atom. The number of rotatable bonds is 0. The molecule has 12 heavy (non-hydrogen) atoms. The zero-order valence-electron chi connectivity index (χ0n) is 7.63. The van der Waals surface area contributed by atoms with Crippen LogP contribution < -0.4 is 4.74 Å². The molecule has 64 valence electrons. The molecule has 1 aromatic carbocycles. The van der Waals surface area contributed by atoms with Crippen molar-refractivity contribution in [3.8, 4) is 5.75 Å². The van der Waals surface area contributed by atoms with Crippen molar-refractivity contribution in [3.63, 3.8) is 0 Å². The van der Waals surface area contributed by atoms with Gasteiger partial charge in [0.1, 0.15) is 5.75 Å². The van der Waals surface area contributed by atoms with Crippen molar-refractivity contribution in [2.75, 3.05) is 0 Å². The molecule has 0 bridgehead atoms. The third kappa shape index (κ3) is 1.31. The summed E-state index contributed by atoms with van der Waals surface area (Å²) in [5, 5.41) is 0. The van der Waals surface area contributed by atoms with Gasteiger partial charge in [0.05, 0.1) is 6.10 Å². The van der Waals surface area contributed by atoms with E-state index < -0.39 is 0 Å². The molecule has 0 radical (unpaired) electrons. The maximum Gasteiger partial charge on any atom is 0.122 e. The summed E-state index contributed by atoms with van der Waals surface area (Å²) in [6.45, 7) is 4.25. The van der Waals surface area contributed by atoms with Crippen LogP contribution in [0, 0.1) is 6.92 Å². The Morgan fingerprint density at radius 2 is 2.25 bits per heavy atom. The van der Waals surface area contributed by atoms with Crippen LogP contribution in [0.1, 0.15) is 24.5 Å². The Hall–Kier alpha value is -0.980. The first-order valence-corrected chi connectivity index (χ1v) is 4.52. The molecule has 0 amide bonds. The van der Waals surface area contributed by atoms with E-state index in [4.69, 9.17) is 4.74 Å². The molecule has 0 aliphatic carbocycles. The molecule has 0 aromatic heterocycles. The molecule has 1 heteroatoms. The molecule has 0 spiro atoms. The molecule has 1 nitrogen and oxygen atoms in total. The Balaban J connectivity index is 2.37. The van der Waals surface area contributed by atoms with Crippen LogP contribution in [0.5, 0.6) is 5.75 Å². The van der Waals surface area contributed by atoms with Gasteiger partial charge in [0.2, 0.25) is 0 Å². The van der Waals surface area contributed by atoms with E-state index in [1.165, 1.54) is 11.1 Å². The van der Waals surface area contributed by atoms with Crippen molar-refractivity contribution < 1.29 is 4.74 Å². The van der Waals surface area contributed by atoms with Gasteiger partial charge in [-0.25, -0.2) is 0 Å². The fourth-order valence-electron chi connectivity index (χ4n) is 1.65. The first-order chi connectivity index (χ1) is 5.75. The molecule has 1 heterocycles. The molecule has 0 saturated heterocycles. The molecule has 1 aliphatic heterocycles. The minimum absolute atomic E-state index is 0.389. The molecule has 0 unspecified atom stereocenters. The van der Waals surface area contributed by atoms with E-state index in [2.05, 4.69) is 32.0 Å². The van der Waals surface area contributed by atoms with Gasteiger partial charge in [-0.2, -0.15) is 0 Å². The highest BCUT2D eigenvalue weighted by Gasteiger charge is 2.14. The average Bonchev–Trinajstić information content (AvgIpc) is 2.05. The van der Waals surface area contributed by atoms with Crippen molar-refractivity contribution in [2.45, 2.75) is 32.8 Å². The lowest BCUT2D eigenvalue weighted by Gasteiger charge is -2.23. The molecule has 2 rings (SSSR count). The number of ether oxygens (including phenoxy) is 1. The van der Waals surface area contributed by atoms with Crippen molar-refractivity contribution in [1.29, 1.82) is 0 Å². The Labute approximate surface area is 73.4 Å². The normalized spacial score (nSPS) is 21.3. The zero-order chi connectivity index (χ0) is 8.55. The van der Waals surface area contributed by atoms with Crippen molar-refractivity contribution in [2.24, 2.45) is 0 Å². The van der Waals surface area contributed by atoms with Crippen LogP contribution in [-0.2, 0) is 6.42 Å². The van der Waals surface area contributed by atoms with Crippen LogP contribution in [0.15, 0.2) is 18.2 Å². The molecule has 1 aromatic rings. The molecule has 0 saturated carbocycles. The third-order valence-corrected chi connectivity index (χ3v) is 2.36. The van der Waals surface area contributed by atoms with Crippen LogP contribution in [0.25, 0.3) is 0 Å². The summed E-state index contributed by atoms with van der Waals surface area (Å²) in [7, 11) is 0. The molecule has 1 aliphatic rings. The van der Waals surface area contributed by atoms with Gasteiger partial charge < -0.3 is 4.74 Å². The van der Waals surface area contributed by atoms with Crippen molar-refractivity contribution in [1.82, 2.24) is 0 Å². The second-order valence-corrected chi connectivity index (χ2v) is 3.58. The van der Waals surface area contributed by atoms with E-state index in [1.807, 2.05) is 0 Å². The first-order valence-electron chi connectivity index (χ1n) is 4.52. The number of aryl methyl sites for hydroxylation is 2. The monoisotopic (exact) mass is 162 g/mol. The second kappa shape index (κ2) is 2.81. The van der Waals surface area contributed by atoms with E-state index in [0.29, 0.717) is 6.10 Å². The lowest BCUT2D eigenvalue weighted by molar-refractivity contribution is 0.192. The lowest BCUT2D eigenvalue weighted by Crippen LogP contribution is -2.18. The predicted octanol–water partition coefficient (Wildman–Crippen LogP) is 2.71. The predicted molar refractivity (Wildman–Crippen MR) is 49.6 cm³/mol. The smallest absolute Gasteiger partial charge is 0.122 e. The number of fused-ring (bicyclic) bond motifs is 1. The SMILES string of the molecule is Cc1ccc2c(c1)CC[C@@H](C)O2. The van der Waals surface area contributed by atoms with E-state index in [0.717, 1.165) is 18.6 Å². The van der Waals surface area contributed by atoms with Crippen LogP contribution in [0.2, 0.25) is 0 Å². The number of hydrogen-bond acceptors (Lipinski definition) is 1. The van der Waals surface area contributed by atoms with Gasteiger partial charge in [0.25, 0.3) is 0 Å². The standard InChI is InChI=1S/C11H14O/c1-8-3-6-11-10(7-8)5-4-9(2)12-11/h3,6-7,9H,4-5H2,1-2H3/t9-/m1/s1. The topological polar surface area (TPSA) is 9.23 Å². The molecular formula is C11H14O. The van der Waals surface area contributed by atoms with E-state index in [-0.39, 0.29) is 0 Å². The fourth-order valence-corrected chi connectivity index (χ4v) is 1.65. The maximum absolute atomic E-state index is 5.69. The van der Waals surface area contributed by atoms with E-state index in [1.54, 1.807) is 0 Å². The van der Waals surface area contributed by atoms with Gasteiger partial charge in [-0.3, -0.25) is 0 Å². The summed E-state index contributed by atoms with van der Waals surface area (Å²) in [5.74, 6) is 1.08. The van der Waals surface area contributed by atoms with E-state index in [9.17, 15) is 0 Å². The summed E-state index contributed by atoms with van der Waals surface area (Å²) >= 11 is 0. The molecule has 0 N–H and O–H groups in total. The van der Waals surface area contributed by atoms with Crippen LogP contribution in [0.4, 0.5) is 0 Å². The Morgan fingerprint density at radius 3 is 3.08 bits per heavy atom. The maximum atomic E-state index is 5.69. The average molecular weight is 162 g/mol. The molecule has 1 atom stereocenters. The van der Waals surface area contributed by atoms with Crippen LogP contribution in [-0.4, -0.2) is 6.10 Å². The minimum Gasteiger partial charge on any atom is -0.490 e. The quantitative estimate of drug-likeness (QED) is 0.570. The highest BCUT2D eigenvalue weighted by molar-refractivity contribution is 5.38. The fraction of sp³-hybridized carbons (Fsp3) is 0.455. The second-order valence-electron chi connectivity index (χ2n) is 3.58. The molecular weight excluding hydrogens is 148 g/mol. The number of hydrogen-bond donors (Lipinski definition) is 0. The van der Waals surface area contributed by atoms with Gasteiger partial charge in [-0.15, -0.1) is 0 Å². The summed E-state index contributed by atoms with van der Waals surface area (Å²) in [5.41, 5.74) is 2.69. The van der Waals surface area contributed by atoms with Gasteiger partial charge in [-0.1, -0.05) is 17.7 Å². The van der Waals surface area contributed by atoms with Crippen molar-refractivity contribution in [3.05, 3.63) is 29.3 Å². The first kappa shape index (κ1) is 7.66. The Bertz CT molecular complexity index is 291. The van der Waals surface area contributed by atoms with E-state index >= 15 is 0 Å². The molecule has 0 fully saturated rings. The summed E-state index contributed by atoms with van der Waals surface area (Å²) in [6, 6.07) is 6.42. The third-order valence-electron chi connectivity index (χ3n) is 2.36. The summed E-state index contributed by atoms with van der Waals surface area (Å²) < 4.78 is 5.69. The Kier molecular flexibility index (Phi) is 1.80. The van der Waals surface area contributed by atoms with Gasteiger partial charge in [-0.05, 0) is 38.3 Å².